The van der Waals surface area contributed by atoms with Gasteiger partial charge in [-0.1, -0.05) is 6.07 Å². The Bertz CT molecular complexity index is 1280. The SMILES string of the molecule is [C-]#[N+]c1cnc(/C(F)=C/c2ccc(F)c([C@]3(C)CS(=O)(=O)C(C)(C)C(N)=N3)c2)c(C)c1. The van der Waals surface area contributed by atoms with Crippen LogP contribution in [-0.2, 0) is 15.4 Å². The highest BCUT2D eigenvalue weighted by Crippen LogP contribution is 2.38. The van der Waals surface area contributed by atoms with Gasteiger partial charge in [-0.05, 0) is 63.1 Å². The first-order chi connectivity index (χ1) is 14.3. The Morgan fingerprint density at radius 1 is 1.29 bits per heavy atom. The van der Waals surface area contributed by atoms with Gasteiger partial charge in [-0.3, -0.25) is 9.98 Å². The third-order valence-corrected chi connectivity index (χ3v) is 8.22. The zero-order valence-corrected chi connectivity index (χ0v) is 18.4. The second-order valence-corrected chi connectivity index (χ2v) is 10.8. The average Bonchev–Trinajstić information content (AvgIpc) is 2.67. The molecule has 0 amide bonds. The molecule has 0 radical (unpaired) electrons. The Kier molecular flexibility index (Phi) is 5.48. The number of aliphatic imine (C=N–C) groups is 1. The van der Waals surface area contributed by atoms with Crippen LogP contribution in [0.4, 0.5) is 14.5 Å². The summed E-state index contributed by atoms with van der Waals surface area (Å²) in [6.07, 6.45) is 2.44. The topological polar surface area (TPSA) is 89.8 Å². The lowest BCUT2D eigenvalue weighted by Crippen LogP contribution is -2.55. The summed E-state index contributed by atoms with van der Waals surface area (Å²) in [6.45, 7) is 13.0. The third-order valence-electron chi connectivity index (χ3n) is 5.52. The lowest BCUT2D eigenvalue weighted by atomic mass is 9.91. The van der Waals surface area contributed by atoms with E-state index in [2.05, 4.69) is 14.8 Å². The van der Waals surface area contributed by atoms with Crippen LogP contribution < -0.4 is 5.73 Å². The molecule has 2 N–H and O–H groups in total. The van der Waals surface area contributed by atoms with Crippen molar-refractivity contribution in [2.45, 2.75) is 38.0 Å². The molecular weight excluding hydrogens is 422 g/mol. The van der Waals surface area contributed by atoms with E-state index in [1.54, 1.807) is 6.92 Å². The molecule has 9 heteroatoms. The molecule has 3 rings (SSSR count). The van der Waals surface area contributed by atoms with Crippen molar-refractivity contribution in [1.82, 2.24) is 4.98 Å². The van der Waals surface area contributed by atoms with Crippen LogP contribution in [0.5, 0.6) is 0 Å². The van der Waals surface area contributed by atoms with Crippen molar-refractivity contribution in [1.29, 1.82) is 0 Å². The molecule has 1 aliphatic heterocycles. The smallest absolute Gasteiger partial charge is 0.205 e. The highest BCUT2D eigenvalue weighted by Gasteiger charge is 2.49. The molecule has 162 valence electrons. The number of sulfone groups is 1. The van der Waals surface area contributed by atoms with E-state index >= 15 is 0 Å². The van der Waals surface area contributed by atoms with Gasteiger partial charge in [0.1, 0.15) is 27.8 Å². The lowest BCUT2D eigenvalue weighted by molar-refractivity contribution is 0.475. The van der Waals surface area contributed by atoms with E-state index in [1.807, 2.05) is 0 Å². The first kappa shape index (κ1) is 22.6. The molecule has 1 aliphatic rings. The van der Waals surface area contributed by atoms with Gasteiger partial charge in [-0.2, -0.15) is 0 Å². The van der Waals surface area contributed by atoms with Crippen LogP contribution in [-0.4, -0.2) is 29.7 Å². The van der Waals surface area contributed by atoms with Crippen LogP contribution in [0, 0.1) is 19.3 Å². The average molecular weight is 445 g/mol. The normalized spacial score (nSPS) is 22.5. The monoisotopic (exact) mass is 444 g/mol. The quantitative estimate of drug-likeness (QED) is 0.714. The van der Waals surface area contributed by atoms with Crippen molar-refractivity contribution in [2.24, 2.45) is 10.7 Å². The predicted octanol–water partition coefficient (Wildman–Crippen LogP) is 4.33. The second-order valence-electron chi connectivity index (χ2n) is 8.24. The number of nitrogens with two attached hydrogens (primary N) is 1. The maximum Gasteiger partial charge on any atom is 0.205 e. The Hall–Kier alpha value is -3.12. The van der Waals surface area contributed by atoms with E-state index < -0.39 is 37.5 Å². The van der Waals surface area contributed by atoms with Crippen molar-refractivity contribution in [2.75, 3.05) is 5.75 Å². The van der Waals surface area contributed by atoms with Crippen LogP contribution in [0.2, 0.25) is 0 Å². The first-order valence-corrected chi connectivity index (χ1v) is 11.1. The fourth-order valence-corrected chi connectivity index (χ4v) is 5.10. The largest absolute Gasteiger partial charge is 0.386 e. The van der Waals surface area contributed by atoms with Crippen LogP contribution in [0.3, 0.4) is 0 Å². The van der Waals surface area contributed by atoms with Gasteiger partial charge in [0.2, 0.25) is 5.69 Å². The number of aryl methyl sites for hydroxylation is 1. The number of halogens is 2. The Morgan fingerprint density at radius 2 is 1.97 bits per heavy atom. The summed E-state index contributed by atoms with van der Waals surface area (Å²) in [7, 11) is -3.72. The highest BCUT2D eigenvalue weighted by atomic mass is 32.2. The molecule has 0 saturated heterocycles. The van der Waals surface area contributed by atoms with E-state index in [4.69, 9.17) is 12.3 Å². The van der Waals surface area contributed by atoms with Crippen LogP contribution in [0.15, 0.2) is 35.5 Å². The molecule has 0 aliphatic carbocycles. The van der Waals surface area contributed by atoms with Gasteiger partial charge in [0.05, 0.1) is 18.0 Å². The summed E-state index contributed by atoms with van der Waals surface area (Å²) in [5, 5.41) is 0. The van der Waals surface area contributed by atoms with Gasteiger partial charge in [0, 0.05) is 11.8 Å². The Balaban J connectivity index is 2.08. The standard InChI is InChI=1S/C22H22F2N4O2S/c1-13-8-15(26-5)11-27-19(13)18(24)10-14-6-7-17(23)16(9-14)22(4)12-31(29,30)21(2,3)20(25)28-22/h6-11H,12H2,1-4H3,(H2,25,28)/b18-10-/t22-/m0/s1. The van der Waals surface area contributed by atoms with E-state index in [9.17, 15) is 17.2 Å². The zero-order chi connectivity index (χ0) is 23.2. The van der Waals surface area contributed by atoms with Crippen molar-refractivity contribution in [3.63, 3.8) is 0 Å². The maximum absolute atomic E-state index is 14.9. The van der Waals surface area contributed by atoms with Crippen LogP contribution >= 0.6 is 0 Å². The number of rotatable bonds is 3. The van der Waals surface area contributed by atoms with Gasteiger partial charge in [-0.25, -0.2) is 22.0 Å². The molecule has 0 spiro atoms. The minimum Gasteiger partial charge on any atom is -0.386 e. The van der Waals surface area contributed by atoms with Crippen molar-refractivity contribution < 1.29 is 17.2 Å². The van der Waals surface area contributed by atoms with Crippen LogP contribution in [0.25, 0.3) is 16.7 Å². The summed E-state index contributed by atoms with van der Waals surface area (Å²) >= 11 is 0. The summed E-state index contributed by atoms with van der Waals surface area (Å²) in [6, 6.07) is 5.40. The van der Waals surface area contributed by atoms with E-state index in [1.165, 1.54) is 51.2 Å². The summed E-state index contributed by atoms with van der Waals surface area (Å²) in [5.74, 6) is -1.87. The highest BCUT2D eigenvalue weighted by molar-refractivity contribution is 7.93. The zero-order valence-electron chi connectivity index (χ0n) is 17.6. The summed E-state index contributed by atoms with van der Waals surface area (Å²) in [5.41, 5.74) is 5.63. The molecule has 0 saturated carbocycles. The molecule has 0 bridgehead atoms. The van der Waals surface area contributed by atoms with E-state index in [0.717, 1.165) is 6.07 Å². The second kappa shape index (κ2) is 7.54. The number of hydrogen-bond acceptors (Lipinski definition) is 5. The molecule has 2 heterocycles. The lowest BCUT2D eigenvalue weighted by Gasteiger charge is -2.38. The molecule has 2 aromatic rings. The first-order valence-electron chi connectivity index (χ1n) is 9.40. The van der Waals surface area contributed by atoms with Gasteiger partial charge in [0.25, 0.3) is 0 Å². The van der Waals surface area contributed by atoms with Crippen molar-refractivity contribution in [3.05, 3.63) is 70.1 Å². The molecule has 0 unspecified atom stereocenters. The molecule has 1 aromatic heterocycles. The Labute approximate surface area is 180 Å². The number of benzene rings is 1. The predicted molar refractivity (Wildman–Crippen MR) is 117 cm³/mol. The van der Waals surface area contributed by atoms with Crippen LogP contribution in [0.1, 0.15) is 43.2 Å². The number of pyridine rings is 1. The van der Waals surface area contributed by atoms with Gasteiger partial charge >= 0.3 is 0 Å². The van der Waals surface area contributed by atoms with E-state index in [0.29, 0.717) is 16.8 Å². The number of nitrogens with zero attached hydrogens (tertiary/aromatic N) is 3. The minimum absolute atomic E-state index is 0.00381. The molecular formula is C22H22F2N4O2S. The fourth-order valence-electron chi connectivity index (χ4n) is 3.41. The van der Waals surface area contributed by atoms with Crippen molar-refractivity contribution in [3.8, 4) is 0 Å². The number of amidine groups is 1. The van der Waals surface area contributed by atoms with Crippen molar-refractivity contribution >= 4 is 33.3 Å². The third kappa shape index (κ3) is 3.95. The molecule has 31 heavy (non-hydrogen) atoms. The maximum atomic E-state index is 14.9. The Morgan fingerprint density at radius 3 is 2.55 bits per heavy atom. The fraction of sp³-hybridized carbons (Fsp3) is 0.318. The number of hydrogen-bond donors (Lipinski definition) is 1. The summed E-state index contributed by atoms with van der Waals surface area (Å²) in [4.78, 5) is 11.6. The van der Waals surface area contributed by atoms with Gasteiger partial charge in [-0.15, -0.1) is 0 Å². The molecule has 6 nitrogen and oxygen atoms in total. The number of aromatic nitrogens is 1. The molecule has 1 aromatic carbocycles. The summed E-state index contributed by atoms with van der Waals surface area (Å²) < 4.78 is 53.8. The molecule has 1 atom stereocenters. The van der Waals surface area contributed by atoms with E-state index in [-0.39, 0.29) is 17.1 Å². The molecule has 0 fully saturated rings. The van der Waals surface area contributed by atoms with Gasteiger partial charge in [0.15, 0.2) is 9.84 Å². The van der Waals surface area contributed by atoms with Gasteiger partial charge < -0.3 is 5.73 Å². The minimum atomic E-state index is -3.72.